The summed E-state index contributed by atoms with van der Waals surface area (Å²) >= 11 is 0. The fraction of sp³-hybridized carbons (Fsp3) is 0.192. The minimum absolute atomic E-state index is 0.225. The summed E-state index contributed by atoms with van der Waals surface area (Å²) in [7, 11) is 0. The molecule has 0 aliphatic carbocycles. The first-order valence-electron chi connectivity index (χ1n) is 10.3. The van der Waals surface area contributed by atoms with Gasteiger partial charge in [0.1, 0.15) is 11.6 Å². The lowest BCUT2D eigenvalue weighted by Gasteiger charge is -2.11. The van der Waals surface area contributed by atoms with Crippen molar-refractivity contribution in [3.63, 3.8) is 0 Å². The monoisotopic (exact) mass is 441 g/mol. The van der Waals surface area contributed by atoms with E-state index in [2.05, 4.69) is 11.9 Å². The van der Waals surface area contributed by atoms with E-state index in [1.54, 1.807) is 12.1 Å². The minimum atomic E-state index is -4.74. The maximum Gasteiger partial charge on any atom is 0.419 e. The van der Waals surface area contributed by atoms with Gasteiger partial charge < -0.3 is 0 Å². The second-order valence-corrected chi connectivity index (χ2v) is 7.69. The van der Waals surface area contributed by atoms with E-state index in [9.17, 15) is 17.6 Å². The quantitative estimate of drug-likeness (QED) is 0.292. The maximum absolute atomic E-state index is 15.1. The fourth-order valence-corrected chi connectivity index (χ4v) is 3.72. The van der Waals surface area contributed by atoms with Gasteiger partial charge in [0, 0.05) is 17.1 Å². The Morgan fingerprint density at radius 3 is 2.25 bits per heavy atom. The van der Waals surface area contributed by atoms with Gasteiger partial charge in [0.25, 0.3) is 0 Å². The molecule has 0 fully saturated rings. The van der Waals surface area contributed by atoms with E-state index in [1.807, 2.05) is 36.5 Å². The normalized spacial score (nSPS) is 11.8. The van der Waals surface area contributed by atoms with Crippen LogP contribution in [0.4, 0.5) is 22.0 Å². The van der Waals surface area contributed by atoms with Crippen LogP contribution < -0.4 is 0 Å². The second-order valence-electron chi connectivity index (χ2n) is 7.69. The molecule has 4 aromatic rings. The summed E-state index contributed by atoms with van der Waals surface area (Å²) in [5.41, 5.74) is 2.33. The molecule has 3 aromatic carbocycles. The fourth-order valence-electron chi connectivity index (χ4n) is 3.72. The van der Waals surface area contributed by atoms with Gasteiger partial charge in [0.15, 0.2) is 0 Å². The Kier molecular flexibility index (Phi) is 5.96. The van der Waals surface area contributed by atoms with Gasteiger partial charge in [-0.1, -0.05) is 43.3 Å². The van der Waals surface area contributed by atoms with Crippen LogP contribution in [0.15, 0.2) is 66.9 Å². The predicted octanol–water partition coefficient (Wildman–Crippen LogP) is 7.55. The minimum Gasteiger partial charge on any atom is -0.256 e. The van der Waals surface area contributed by atoms with Crippen LogP contribution in [0.2, 0.25) is 0 Å². The first-order chi connectivity index (χ1) is 15.3. The molecular weight excluding hydrogens is 421 g/mol. The van der Waals surface area contributed by atoms with Crippen molar-refractivity contribution in [2.24, 2.45) is 0 Å². The third kappa shape index (κ3) is 4.49. The topological polar surface area (TPSA) is 12.9 Å². The number of pyridine rings is 1. The number of hydrogen-bond donors (Lipinski definition) is 0. The molecule has 0 spiro atoms. The van der Waals surface area contributed by atoms with Crippen LogP contribution >= 0.6 is 0 Å². The lowest BCUT2D eigenvalue weighted by Crippen LogP contribution is -2.08. The van der Waals surface area contributed by atoms with Gasteiger partial charge in [-0.15, -0.1) is 0 Å². The molecule has 0 N–H and O–H groups in total. The standard InChI is InChI=1S/C26H20F5N/c1-2-16-5-12-24(32-15-16)20-9-10-21-19(14-20)8-7-18(25(21)28)6-3-17-4-11-22(23(27)13-17)26(29,30)31/h4-5,7-15H,2-3,6H2,1H3. The zero-order chi connectivity index (χ0) is 22.9. The lowest BCUT2D eigenvalue weighted by atomic mass is 9.98. The van der Waals surface area contributed by atoms with Crippen molar-refractivity contribution in [3.05, 3.63) is 101 Å². The van der Waals surface area contributed by atoms with Gasteiger partial charge in [-0.3, -0.25) is 4.98 Å². The highest BCUT2D eigenvalue weighted by atomic mass is 19.4. The zero-order valence-corrected chi connectivity index (χ0v) is 17.3. The van der Waals surface area contributed by atoms with Crippen LogP contribution in [0.25, 0.3) is 22.0 Å². The number of benzene rings is 3. The van der Waals surface area contributed by atoms with Crippen LogP contribution in [0.5, 0.6) is 0 Å². The van der Waals surface area contributed by atoms with Crippen LogP contribution in [-0.4, -0.2) is 4.98 Å². The molecule has 0 bridgehead atoms. The van der Waals surface area contributed by atoms with Crippen molar-refractivity contribution in [1.82, 2.24) is 4.98 Å². The summed E-state index contributed by atoms with van der Waals surface area (Å²) in [6.45, 7) is 2.06. The van der Waals surface area contributed by atoms with Gasteiger partial charge >= 0.3 is 6.18 Å². The van der Waals surface area contributed by atoms with Crippen molar-refractivity contribution in [3.8, 4) is 11.3 Å². The third-order valence-corrected chi connectivity index (χ3v) is 5.58. The number of aromatic nitrogens is 1. The Morgan fingerprint density at radius 1 is 0.812 bits per heavy atom. The molecule has 0 aliphatic rings. The van der Waals surface area contributed by atoms with E-state index >= 15 is 4.39 Å². The van der Waals surface area contributed by atoms with Crippen LogP contribution in [0.1, 0.15) is 29.2 Å². The summed E-state index contributed by atoms with van der Waals surface area (Å²) in [6.07, 6.45) is -1.54. The summed E-state index contributed by atoms with van der Waals surface area (Å²) in [6, 6.07) is 15.6. The maximum atomic E-state index is 15.1. The van der Waals surface area contributed by atoms with Gasteiger partial charge in [-0.2, -0.15) is 13.2 Å². The Labute approximate surface area is 182 Å². The van der Waals surface area contributed by atoms with E-state index in [4.69, 9.17) is 0 Å². The number of hydrogen-bond acceptors (Lipinski definition) is 1. The van der Waals surface area contributed by atoms with E-state index in [0.717, 1.165) is 40.8 Å². The molecule has 32 heavy (non-hydrogen) atoms. The van der Waals surface area contributed by atoms with Gasteiger partial charge in [0.05, 0.1) is 11.3 Å². The molecule has 1 heterocycles. The summed E-state index contributed by atoms with van der Waals surface area (Å²) < 4.78 is 67.0. The van der Waals surface area contributed by atoms with Crippen molar-refractivity contribution < 1.29 is 22.0 Å². The Bertz CT molecular complexity index is 1260. The molecule has 0 atom stereocenters. The Balaban J connectivity index is 1.55. The molecule has 0 unspecified atom stereocenters. The highest BCUT2D eigenvalue weighted by molar-refractivity contribution is 5.88. The van der Waals surface area contributed by atoms with Crippen molar-refractivity contribution in [2.75, 3.05) is 0 Å². The molecule has 0 saturated heterocycles. The van der Waals surface area contributed by atoms with E-state index < -0.39 is 17.6 Å². The highest BCUT2D eigenvalue weighted by Crippen LogP contribution is 2.32. The predicted molar refractivity (Wildman–Crippen MR) is 115 cm³/mol. The van der Waals surface area contributed by atoms with E-state index in [0.29, 0.717) is 16.5 Å². The first-order valence-corrected chi connectivity index (χ1v) is 10.3. The van der Waals surface area contributed by atoms with Crippen LogP contribution in [0, 0.1) is 11.6 Å². The molecule has 0 aliphatic heterocycles. The second kappa shape index (κ2) is 8.69. The van der Waals surface area contributed by atoms with E-state index in [-0.39, 0.29) is 18.7 Å². The lowest BCUT2D eigenvalue weighted by molar-refractivity contribution is -0.140. The largest absolute Gasteiger partial charge is 0.419 e. The van der Waals surface area contributed by atoms with Crippen LogP contribution in [0.3, 0.4) is 0 Å². The Morgan fingerprint density at radius 2 is 1.59 bits per heavy atom. The third-order valence-electron chi connectivity index (χ3n) is 5.58. The molecule has 164 valence electrons. The van der Waals surface area contributed by atoms with Crippen molar-refractivity contribution in [2.45, 2.75) is 32.4 Å². The van der Waals surface area contributed by atoms with E-state index in [1.165, 1.54) is 6.07 Å². The number of aryl methyl sites for hydroxylation is 3. The number of rotatable bonds is 5. The molecule has 1 nitrogen and oxygen atoms in total. The molecule has 6 heteroatoms. The average molecular weight is 441 g/mol. The molecular formula is C26H20F5N. The first kappa shape index (κ1) is 21.9. The molecule has 4 rings (SSSR count). The number of alkyl halides is 3. The molecule has 0 saturated carbocycles. The Hall–Kier alpha value is -3.28. The average Bonchev–Trinajstić information content (AvgIpc) is 2.77. The van der Waals surface area contributed by atoms with Crippen LogP contribution in [-0.2, 0) is 25.4 Å². The summed E-state index contributed by atoms with van der Waals surface area (Å²) in [4.78, 5) is 4.46. The zero-order valence-electron chi connectivity index (χ0n) is 17.3. The van der Waals surface area contributed by atoms with Crippen molar-refractivity contribution in [1.29, 1.82) is 0 Å². The van der Waals surface area contributed by atoms with Crippen molar-refractivity contribution >= 4 is 10.8 Å². The summed E-state index contributed by atoms with van der Waals surface area (Å²) in [5, 5.41) is 1.18. The highest BCUT2D eigenvalue weighted by Gasteiger charge is 2.33. The van der Waals surface area contributed by atoms with Gasteiger partial charge in [0.2, 0.25) is 0 Å². The smallest absolute Gasteiger partial charge is 0.256 e. The molecule has 0 radical (unpaired) electrons. The number of halogens is 5. The molecule has 1 aromatic heterocycles. The van der Waals surface area contributed by atoms with Gasteiger partial charge in [-0.25, -0.2) is 8.78 Å². The molecule has 0 amide bonds. The number of fused-ring (bicyclic) bond motifs is 1. The summed E-state index contributed by atoms with van der Waals surface area (Å²) in [5.74, 6) is -1.70. The SMILES string of the molecule is CCc1ccc(-c2ccc3c(F)c(CCc4ccc(C(F)(F)F)c(F)c4)ccc3c2)nc1. The number of nitrogens with zero attached hydrogens (tertiary/aromatic N) is 1. The van der Waals surface area contributed by atoms with Gasteiger partial charge in [-0.05, 0) is 65.6 Å².